The van der Waals surface area contributed by atoms with Gasteiger partial charge in [-0.05, 0) is 24.3 Å². The Morgan fingerprint density at radius 3 is 2.30 bits per heavy atom. The highest BCUT2D eigenvalue weighted by Gasteiger charge is 2.48. The van der Waals surface area contributed by atoms with E-state index in [0.29, 0.717) is 26.3 Å². The second-order valence-corrected chi connectivity index (χ2v) is 10.2. The van der Waals surface area contributed by atoms with Gasteiger partial charge in [0.1, 0.15) is 5.82 Å². The summed E-state index contributed by atoms with van der Waals surface area (Å²) in [5, 5.41) is -1.03. The number of morpholine rings is 1. The van der Waals surface area contributed by atoms with Crippen molar-refractivity contribution in [3.05, 3.63) is 30.1 Å². The third-order valence-corrected chi connectivity index (χ3v) is 8.46. The van der Waals surface area contributed by atoms with Crippen LogP contribution in [0.2, 0.25) is 0 Å². The highest BCUT2D eigenvalue weighted by atomic mass is 32.2. The Morgan fingerprint density at radius 2 is 1.70 bits per heavy atom. The van der Waals surface area contributed by atoms with Crippen LogP contribution in [0.25, 0.3) is 0 Å². The van der Waals surface area contributed by atoms with Gasteiger partial charge in [-0.1, -0.05) is 0 Å². The Morgan fingerprint density at radius 1 is 1.09 bits per heavy atom. The molecule has 2 aliphatic rings. The molecule has 2 atom stereocenters. The molecule has 1 aromatic rings. The summed E-state index contributed by atoms with van der Waals surface area (Å²) >= 11 is 0. The second kappa shape index (κ2) is 6.12. The zero-order chi connectivity index (χ0) is 16.7. The summed E-state index contributed by atoms with van der Waals surface area (Å²) in [6, 6.07) is 3.93. The van der Waals surface area contributed by atoms with Crippen molar-refractivity contribution in [1.82, 2.24) is 4.90 Å². The van der Waals surface area contributed by atoms with Crippen LogP contribution in [0.1, 0.15) is 0 Å². The normalized spacial score (nSPS) is 28.7. The summed E-state index contributed by atoms with van der Waals surface area (Å²) < 4.78 is 68.0. The number of hydrogen-bond acceptors (Lipinski definition) is 6. The molecule has 6 nitrogen and oxygen atoms in total. The minimum atomic E-state index is -3.85. The van der Waals surface area contributed by atoms with Gasteiger partial charge in [-0.15, -0.1) is 0 Å². The summed E-state index contributed by atoms with van der Waals surface area (Å²) in [7, 11) is -7.28. The van der Waals surface area contributed by atoms with Gasteiger partial charge >= 0.3 is 0 Å². The van der Waals surface area contributed by atoms with Gasteiger partial charge < -0.3 is 4.74 Å². The molecule has 0 aromatic heterocycles. The molecule has 1 aromatic carbocycles. The zero-order valence-corrected chi connectivity index (χ0v) is 14.0. The first kappa shape index (κ1) is 16.8. The standard InChI is InChI=1S/C14H18FNO5S2/c15-11-1-3-12(4-2-11)23(19,20)14-10-22(17,18)9-13(14)16-5-7-21-8-6-16/h1-4,13-14H,5-10H2/t13-,14-/m0/s1. The minimum absolute atomic E-state index is 0.0424. The molecule has 2 heterocycles. The molecule has 9 heteroatoms. The van der Waals surface area contributed by atoms with Gasteiger partial charge in [0.15, 0.2) is 19.7 Å². The number of hydrogen-bond donors (Lipinski definition) is 0. The van der Waals surface area contributed by atoms with E-state index >= 15 is 0 Å². The lowest BCUT2D eigenvalue weighted by atomic mass is 10.2. The summed E-state index contributed by atoms with van der Waals surface area (Å²) in [5.41, 5.74) is 0. The van der Waals surface area contributed by atoms with Gasteiger partial charge in [-0.2, -0.15) is 0 Å². The van der Waals surface area contributed by atoms with Crippen LogP contribution in [0.3, 0.4) is 0 Å². The first-order chi connectivity index (χ1) is 10.8. The predicted octanol–water partition coefficient (Wildman–Crippen LogP) is 0.0972. The van der Waals surface area contributed by atoms with Gasteiger partial charge in [-0.3, -0.25) is 4.90 Å². The van der Waals surface area contributed by atoms with Crippen LogP contribution in [0.4, 0.5) is 4.39 Å². The van der Waals surface area contributed by atoms with E-state index in [-0.39, 0.29) is 10.6 Å². The first-order valence-electron chi connectivity index (χ1n) is 7.31. The van der Waals surface area contributed by atoms with Crippen LogP contribution in [-0.4, -0.2) is 70.8 Å². The smallest absolute Gasteiger partial charge is 0.183 e. The molecule has 2 fully saturated rings. The molecule has 0 bridgehead atoms. The van der Waals surface area contributed by atoms with Crippen LogP contribution in [0.5, 0.6) is 0 Å². The van der Waals surface area contributed by atoms with E-state index < -0.39 is 42.5 Å². The van der Waals surface area contributed by atoms with Crippen LogP contribution < -0.4 is 0 Å². The fourth-order valence-electron chi connectivity index (χ4n) is 3.14. The number of nitrogens with zero attached hydrogens (tertiary/aromatic N) is 1. The van der Waals surface area contributed by atoms with Gasteiger partial charge in [0, 0.05) is 19.1 Å². The number of sulfone groups is 2. The summed E-state index contributed by atoms with van der Waals surface area (Å²) in [4.78, 5) is 1.83. The lowest BCUT2D eigenvalue weighted by Gasteiger charge is -2.34. The lowest BCUT2D eigenvalue weighted by molar-refractivity contribution is 0.0222. The highest BCUT2D eigenvalue weighted by Crippen LogP contribution is 2.29. The molecule has 0 N–H and O–H groups in total. The van der Waals surface area contributed by atoms with Crippen molar-refractivity contribution in [2.75, 3.05) is 37.8 Å². The number of ether oxygens (including phenoxy) is 1. The Balaban J connectivity index is 1.95. The Hall–Kier alpha value is -1.03. The average Bonchev–Trinajstić information content (AvgIpc) is 2.85. The average molecular weight is 363 g/mol. The molecular weight excluding hydrogens is 345 g/mol. The van der Waals surface area contributed by atoms with Crippen molar-refractivity contribution in [1.29, 1.82) is 0 Å². The van der Waals surface area contributed by atoms with Gasteiger partial charge in [0.25, 0.3) is 0 Å². The van der Waals surface area contributed by atoms with Crippen LogP contribution in [0, 0.1) is 5.82 Å². The molecule has 128 valence electrons. The molecule has 0 aliphatic carbocycles. The third-order valence-electron chi connectivity index (χ3n) is 4.33. The van der Waals surface area contributed by atoms with Crippen LogP contribution in [-0.2, 0) is 24.4 Å². The maximum Gasteiger partial charge on any atom is 0.183 e. The van der Waals surface area contributed by atoms with Crippen LogP contribution >= 0.6 is 0 Å². The predicted molar refractivity (Wildman–Crippen MR) is 82.2 cm³/mol. The van der Waals surface area contributed by atoms with Crippen LogP contribution in [0.15, 0.2) is 29.2 Å². The number of rotatable bonds is 3. The van der Waals surface area contributed by atoms with Crippen molar-refractivity contribution >= 4 is 19.7 Å². The molecule has 23 heavy (non-hydrogen) atoms. The molecule has 0 saturated carbocycles. The molecule has 0 spiro atoms. The summed E-state index contributed by atoms with van der Waals surface area (Å²) in [6.07, 6.45) is 0. The summed E-state index contributed by atoms with van der Waals surface area (Å²) in [5.74, 6) is -1.10. The monoisotopic (exact) mass is 363 g/mol. The lowest BCUT2D eigenvalue weighted by Crippen LogP contribution is -2.50. The van der Waals surface area contributed by atoms with E-state index in [4.69, 9.17) is 4.74 Å². The molecule has 3 rings (SSSR count). The van der Waals surface area contributed by atoms with Crippen molar-refractivity contribution in [3.8, 4) is 0 Å². The van der Waals surface area contributed by atoms with Gasteiger partial charge in [0.05, 0.1) is 34.9 Å². The Kier molecular flexibility index (Phi) is 4.47. The number of benzene rings is 1. The van der Waals surface area contributed by atoms with Gasteiger partial charge in [-0.25, -0.2) is 21.2 Å². The van der Waals surface area contributed by atoms with Crippen molar-refractivity contribution in [2.24, 2.45) is 0 Å². The SMILES string of the molecule is O=S1(=O)C[C@H](N2CCOCC2)[C@@H](S(=O)(=O)c2ccc(F)cc2)C1. The number of halogens is 1. The topological polar surface area (TPSA) is 80.8 Å². The van der Waals surface area contributed by atoms with E-state index in [0.717, 1.165) is 12.1 Å². The van der Waals surface area contributed by atoms with E-state index in [1.165, 1.54) is 12.1 Å². The van der Waals surface area contributed by atoms with E-state index in [1.54, 1.807) is 0 Å². The van der Waals surface area contributed by atoms with Crippen molar-refractivity contribution in [2.45, 2.75) is 16.2 Å². The van der Waals surface area contributed by atoms with E-state index in [9.17, 15) is 21.2 Å². The minimum Gasteiger partial charge on any atom is -0.379 e. The molecule has 2 saturated heterocycles. The maximum absolute atomic E-state index is 13.0. The van der Waals surface area contributed by atoms with Crippen molar-refractivity contribution in [3.63, 3.8) is 0 Å². The van der Waals surface area contributed by atoms with Gasteiger partial charge in [0.2, 0.25) is 0 Å². The Labute approximate surface area is 135 Å². The molecular formula is C14H18FNO5S2. The first-order valence-corrected chi connectivity index (χ1v) is 10.7. The van der Waals surface area contributed by atoms with E-state index in [2.05, 4.69) is 0 Å². The zero-order valence-electron chi connectivity index (χ0n) is 12.4. The fraction of sp³-hybridized carbons (Fsp3) is 0.571. The summed E-state index contributed by atoms with van der Waals surface area (Å²) in [6.45, 7) is 1.94. The second-order valence-electron chi connectivity index (χ2n) is 5.83. The molecule has 0 radical (unpaired) electrons. The van der Waals surface area contributed by atoms with E-state index in [1.807, 2.05) is 4.90 Å². The molecule has 0 unspecified atom stereocenters. The largest absolute Gasteiger partial charge is 0.379 e. The quantitative estimate of drug-likeness (QED) is 0.709. The third kappa shape index (κ3) is 3.42. The van der Waals surface area contributed by atoms with Crippen molar-refractivity contribution < 1.29 is 26.0 Å². The highest BCUT2D eigenvalue weighted by molar-refractivity contribution is 7.96. The molecule has 2 aliphatic heterocycles. The maximum atomic E-state index is 13.0. The Bertz CT molecular complexity index is 770. The fourth-order valence-corrected chi connectivity index (χ4v) is 7.97. The molecule has 0 amide bonds.